The fraction of sp³-hybridized carbons (Fsp3) is 0.462. The van der Waals surface area contributed by atoms with E-state index in [2.05, 4.69) is 27.3 Å². The largest absolute Gasteiger partial charge is 0.469 e. The average molecular weight is 300 g/mol. The van der Waals surface area contributed by atoms with Crippen LogP contribution in [-0.2, 0) is 16.1 Å². The third kappa shape index (κ3) is 4.48. The first-order valence-corrected chi connectivity index (χ1v) is 6.39. The second kappa shape index (κ2) is 6.77. The van der Waals surface area contributed by atoms with Crippen molar-refractivity contribution in [2.75, 3.05) is 7.11 Å². The lowest BCUT2D eigenvalue weighted by atomic mass is 10.0. The van der Waals surface area contributed by atoms with E-state index < -0.39 is 0 Å². The number of carbonyl (C=O) groups excluding carboxylic acids is 1. The maximum absolute atomic E-state index is 11.3. The molecule has 0 bridgehead atoms. The monoisotopic (exact) mass is 299 g/mol. The minimum Gasteiger partial charge on any atom is -0.469 e. The summed E-state index contributed by atoms with van der Waals surface area (Å²) in [7, 11) is 1.42. The Kier molecular flexibility index (Phi) is 5.65. The van der Waals surface area contributed by atoms with Gasteiger partial charge in [0.05, 0.1) is 13.0 Å². The van der Waals surface area contributed by atoms with Crippen molar-refractivity contribution in [3.05, 3.63) is 34.3 Å². The number of esters is 1. The minimum absolute atomic E-state index is 0.0847. The van der Waals surface area contributed by atoms with Gasteiger partial charge in [0, 0.05) is 17.1 Å². The summed E-state index contributed by atoms with van der Waals surface area (Å²) in [6.07, 6.45) is 0. The number of rotatable bonds is 5. The van der Waals surface area contributed by atoms with Gasteiger partial charge in [0.2, 0.25) is 0 Å². The lowest BCUT2D eigenvalue weighted by Crippen LogP contribution is -2.36. The fourth-order valence-corrected chi connectivity index (χ4v) is 1.94. The van der Waals surface area contributed by atoms with Gasteiger partial charge in [-0.05, 0) is 24.6 Å². The molecule has 3 nitrogen and oxygen atoms in total. The van der Waals surface area contributed by atoms with Gasteiger partial charge in [-0.3, -0.25) is 4.79 Å². The molecule has 2 unspecified atom stereocenters. The summed E-state index contributed by atoms with van der Waals surface area (Å²) in [6.45, 7) is 4.59. The van der Waals surface area contributed by atoms with Crippen molar-refractivity contribution < 1.29 is 9.53 Å². The van der Waals surface area contributed by atoms with Crippen molar-refractivity contribution in [1.29, 1.82) is 0 Å². The van der Waals surface area contributed by atoms with Crippen LogP contribution in [0.3, 0.4) is 0 Å². The first kappa shape index (κ1) is 14.2. The van der Waals surface area contributed by atoms with E-state index in [0.717, 1.165) is 11.0 Å². The number of halogens is 1. The van der Waals surface area contributed by atoms with Crippen LogP contribution in [0.5, 0.6) is 0 Å². The van der Waals surface area contributed by atoms with Crippen LogP contribution in [0, 0.1) is 5.92 Å². The van der Waals surface area contributed by atoms with Crippen LogP contribution in [0.4, 0.5) is 0 Å². The van der Waals surface area contributed by atoms with Crippen molar-refractivity contribution in [3.8, 4) is 0 Å². The molecule has 0 heterocycles. The Bertz CT molecular complexity index is 381. The number of methoxy groups -OCH3 is 1. The molecule has 4 heteroatoms. The predicted octanol–water partition coefficient (Wildman–Crippen LogP) is 2.74. The molecule has 0 spiro atoms. The summed E-state index contributed by atoms with van der Waals surface area (Å²) < 4.78 is 5.78. The SMILES string of the molecule is COC(=O)C(C)C(C)NCc1cccc(Br)c1. The molecule has 2 atom stereocenters. The summed E-state index contributed by atoms with van der Waals surface area (Å²) in [5.74, 6) is -0.327. The Hall–Kier alpha value is -0.870. The summed E-state index contributed by atoms with van der Waals surface area (Å²) >= 11 is 3.43. The molecule has 0 saturated heterocycles. The highest BCUT2D eigenvalue weighted by Crippen LogP contribution is 2.12. The number of carbonyl (C=O) groups is 1. The highest BCUT2D eigenvalue weighted by Gasteiger charge is 2.20. The van der Waals surface area contributed by atoms with Crippen molar-refractivity contribution >= 4 is 21.9 Å². The standard InChI is InChI=1S/C13H18BrNO2/c1-9(13(16)17-3)10(2)15-8-11-5-4-6-12(14)7-11/h4-7,9-10,15H,8H2,1-3H3. The number of hydrogen-bond donors (Lipinski definition) is 1. The molecule has 0 saturated carbocycles. The Labute approximate surface area is 111 Å². The van der Waals surface area contributed by atoms with Gasteiger partial charge in [-0.2, -0.15) is 0 Å². The van der Waals surface area contributed by atoms with Gasteiger partial charge in [0.1, 0.15) is 0 Å². The lowest BCUT2D eigenvalue weighted by Gasteiger charge is -2.19. The maximum atomic E-state index is 11.3. The van der Waals surface area contributed by atoms with Gasteiger partial charge in [0.15, 0.2) is 0 Å². The summed E-state index contributed by atoms with van der Waals surface area (Å²) in [4.78, 5) is 11.3. The number of hydrogen-bond acceptors (Lipinski definition) is 3. The molecule has 0 amide bonds. The molecular formula is C13H18BrNO2. The molecule has 0 aliphatic heterocycles. The molecule has 1 N–H and O–H groups in total. The normalized spacial score (nSPS) is 14.1. The highest BCUT2D eigenvalue weighted by atomic mass is 79.9. The van der Waals surface area contributed by atoms with Crippen molar-refractivity contribution in [2.45, 2.75) is 26.4 Å². The number of ether oxygens (including phenoxy) is 1. The van der Waals surface area contributed by atoms with Crippen LogP contribution in [0.25, 0.3) is 0 Å². The van der Waals surface area contributed by atoms with Gasteiger partial charge in [-0.15, -0.1) is 0 Å². The van der Waals surface area contributed by atoms with Crippen LogP contribution >= 0.6 is 15.9 Å². The zero-order valence-corrected chi connectivity index (χ0v) is 12.0. The molecule has 0 aliphatic rings. The Morgan fingerprint density at radius 3 is 2.76 bits per heavy atom. The topological polar surface area (TPSA) is 38.3 Å². The lowest BCUT2D eigenvalue weighted by molar-refractivity contribution is -0.145. The second-order valence-corrected chi connectivity index (χ2v) is 5.03. The summed E-state index contributed by atoms with van der Waals surface area (Å²) in [5, 5.41) is 3.32. The average Bonchev–Trinajstić information content (AvgIpc) is 2.34. The van der Waals surface area contributed by atoms with Gasteiger partial charge < -0.3 is 10.1 Å². The summed E-state index contributed by atoms with van der Waals surface area (Å²) in [5.41, 5.74) is 1.18. The van der Waals surface area contributed by atoms with Crippen molar-refractivity contribution in [2.24, 2.45) is 5.92 Å². The van der Waals surface area contributed by atoms with Crippen LogP contribution in [0.1, 0.15) is 19.4 Å². The Morgan fingerprint density at radius 1 is 1.47 bits per heavy atom. The molecule has 1 aromatic rings. The Morgan fingerprint density at radius 2 is 2.18 bits per heavy atom. The quantitative estimate of drug-likeness (QED) is 0.850. The minimum atomic E-state index is -0.181. The van der Waals surface area contributed by atoms with Gasteiger partial charge in [0.25, 0.3) is 0 Å². The third-order valence-corrected chi connectivity index (χ3v) is 3.33. The summed E-state index contributed by atoms with van der Waals surface area (Å²) in [6, 6.07) is 8.18. The van der Waals surface area contributed by atoms with Crippen LogP contribution in [0.2, 0.25) is 0 Å². The number of benzene rings is 1. The van der Waals surface area contributed by atoms with Gasteiger partial charge in [-0.1, -0.05) is 35.0 Å². The van der Waals surface area contributed by atoms with E-state index in [-0.39, 0.29) is 17.9 Å². The van der Waals surface area contributed by atoms with E-state index in [1.165, 1.54) is 12.7 Å². The molecule has 17 heavy (non-hydrogen) atoms. The molecule has 1 rings (SSSR count). The third-order valence-electron chi connectivity index (χ3n) is 2.84. The molecule has 0 aromatic heterocycles. The Balaban J connectivity index is 2.48. The van der Waals surface area contributed by atoms with Crippen LogP contribution in [0.15, 0.2) is 28.7 Å². The van der Waals surface area contributed by atoms with E-state index in [1.807, 2.05) is 32.0 Å². The van der Waals surface area contributed by atoms with E-state index >= 15 is 0 Å². The molecule has 0 fully saturated rings. The molecule has 1 aromatic carbocycles. The van der Waals surface area contributed by atoms with E-state index in [1.54, 1.807) is 0 Å². The maximum Gasteiger partial charge on any atom is 0.309 e. The highest BCUT2D eigenvalue weighted by molar-refractivity contribution is 9.10. The zero-order valence-electron chi connectivity index (χ0n) is 10.4. The molecular weight excluding hydrogens is 282 g/mol. The first-order valence-electron chi connectivity index (χ1n) is 5.60. The number of nitrogens with one attached hydrogen (secondary N) is 1. The molecule has 94 valence electrons. The first-order chi connectivity index (χ1) is 8.04. The molecule has 0 radical (unpaired) electrons. The van der Waals surface area contributed by atoms with Crippen LogP contribution in [-0.4, -0.2) is 19.1 Å². The van der Waals surface area contributed by atoms with Gasteiger partial charge >= 0.3 is 5.97 Å². The zero-order chi connectivity index (χ0) is 12.8. The van der Waals surface area contributed by atoms with Crippen LogP contribution < -0.4 is 5.32 Å². The predicted molar refractivity (Wildman–Crippen MR) is 71.6 cm³/mol. The molecule has 0 aliphatic carbocycles. The van der Waals surface area contributed by atoms with E-state index in [4.69, 9.17) is 4.74 Å². The van der Waals surface area contributed by atoms with Crippen molar-refractivity contribution in [1.82, 2.24) is 5.32 Å². The van der Waals surface area contributed by atoms with E-state index in [0.29, 0.717) is 0 Å². The van der Waals surface area contributed by atoms with E-state index in [9.17, 15) is 4.79 Å². The van der Waals surface area contributed by atoms with Gasteiger partial charge in [-0.25, -0.2) is 0 Å². The smallest absolute Gasteiger partial charge is 0.309 e. The fourth-order valence-electron chi connectivity index (χ4n) is 1.49. The second-order valence-electron chi connectivity index (χ2n) is 4.11. The van der Waals surface area contributed by atoms with Crippen molar-refractivity contribution in [3.63, 3.8) is 0 Å².